The number of carbonyl (C=O) groups excluding carboxylic acids is 2. The number of unbranched alkanes of at least 4 members (excludes halogenated alkanes) is 2. The maximum Gasteiger partial charge on any atom is 0.242 e. The molecule has 124 valence electrons. The first-order valence-corrected chi connectivity index (χ1v) is 8.87. The number of hydrogen-bond donors (Lipinski definition) is 1. The normalized spacial score (nSPS) is 18.2. The van der Waals surface area contributed by atoms with E-state index in [4.69, 9.17) is 0 Å². The third-order valence-electron chi connectivity index (χ3n) is 5.02. The summed E-state index contributed by atoms with van der Waals surface area (Å²) in [5.41, 5.74) is 1.41. The Morgan fingerprint density at radius 3 is 2.74 bits per heavy atom. The van der Waals surface area contributed by atoms with Crippen LogP contribution in [-0.2, 0) is 16.0 Å². The highest BCUT2D eigenvalue weighted by Gasteiger charge is 2.58. The molecule has 23 heavy (non-hydrogen) atoms. The first-order valence-electron chi connectivity index (χ1n) is 8.87. The number of nitrogens with one attached hydrogen (secondary N) is 1. The summed E-state index contributed by atoms with van der Waals surface area (Å²) in [5, 5.41) is 2.98. The number of anilines is 1. The number of rotatable bonds is 6. The predicted molar refractivity (Wildman–Crippen MR) is 91.3 cm³/mol. The molecule has 0 spiro atoms. The second-order valence-electron chi connectivity index (χ2n) is 6.73. The summed E-state index contributed by atoms with van der Waals surface area (Å²) in [6.07, 6.45) is 6.58. The summed E-state index contributed by atoms with van der Waals surface area (Å²) >= 11 is 0. The van der Waals surface area contributed by atoms with E-state index < -0.39 is 5.41 Å². The Labute approximate surface area is 138 Å². The van der Waals surface area contributed by atoms with E-state index in [-0.39, 0.29) is 11.8 Å². The fraction of sp³-hybridized carbons (Fsp3) is 0.579. The highest BCUT2D eigenvalue weighted by atomic mass is 16.2. The zero-order valence-corrected chi connectivity index (χ0v) is 13.9. The van der Waals surface area contributed by atoms with Crippen molar-refractivity contribution in [2.24, 2.45) is 5.41 Å². The fourth-order valence-corrected chi connectivity index (χ4v) is 3.41. The van der Waals surface area contributed by atoms with Crippen LogP contribution < -0.4 is 10.2 Å². The van der Waals surface area contributed by atoms with Gasteiger partial charge in [0, 0.05) is 18.8 Å². The van der Waals surface area contributed by atoms with Crippen molar-refractivity contribution in [1.29, 1.82) is 0 Å². The van der Waals surface area contributed by atoms with Gasteiger partial charge in [-0.1, -0.05) is 38.0 Å². The van der Waals surface area contributed by atoms with Crippen molar-refractivity contribution in [3.05, 3.63) is 29.8 Å². The summed E-state index contributed by atoms with van der Waals surface area (Å²) in [6, 6.07) is 8.07. The molecule has 1 saturated carbocycles. The Bertz CT molecular complexity index is 593. The van der Waals surface area contributed by atoms with E-state index in [1.165, 1.54) is 5.56 Å². The Morgan fingerprint density at radius 1 is 1.22 bits per heavy atom. The molecule has 1 aromatic rings. The molecule has 1 aliphatic heterocycles. The van der Waals surface area contributed by atoms with E-state index in [1.807, 2.05) is 23.1 Å². The molecule has 1 fully saturated rings. The topological polar surface area (TPSA) is 49.4 Å². The highest BCUT2D eigenvalue weighted by molar-refractivity contribution is 6.14. The third-order valence-corrected chi connectivity index (χ3v) is 5.02. The smallest absolute Gasteiger partial charge is 0.242 e. The lowest BCUT2D eigenvalue weighted by Crippen LogP contribution is -2.47. The number of nitrogens with zero attached hydrogens (tertiary/aromatic N) is 1. The number of aryl methyl sites for hydroxylation is 1. The molecule has 1 aromatic carbocycles. The largest absolute Gasteiger partial charge is 0.355 e. The van der Waals surface area contributed by atoms with Gasteiger partial charge < -0.3 is 10.2 Å². The molecule has 2 aliphatic rings. The molecule has 0 unspecified atom stereocenters. The predicted octanol–water partition coefficient (Wildman–Crippen LogP) is 3.05. The molecule has 0 saturated heterocycles. The van der Waals surface area contributed by atoms with E-state index >= 15 is 0 Å². The molecule has 0 aromatic heterocycles. The minimum absolute atomic E-state index is 0.00218. The van der Waals surface area contributed by atoms with Crippen LogP contribution in [0, 0.1) is 5.41 Å². The quantitative estimate of drug-likeness (QED) is 0.648. The molecule has 4 heteroatoms. The summed E-state index contributed by atoms with van der Waals surface area (Å²) in [4.78, 5) is 27.4. The number of hydrogen-bond acceptors (Lipinski definition) is 2. The molecule has 0 radical (unpaired) electrons. The molecule has 1 heterocycles. The molecule has 1 N–H and O–H groups in total. The molecule has 0 atom stereocenters. The van der Waals surface area contributed by atoms with Gasteiger partial charge in [0.2, 0.25) is 11.8 Å². The minimum atomic E-state index is -0.795. The highest BCUT2D eigenvalue weighted by Crippen LogP contribution is 2.48. The SMILES string of the molecule is CCCCCNC(=O)C1(C(=O)N2CCCc3ccccc32)CC1. The van der Waals surface area contributed by atoms with Crippen LogP contribution in [0.5, 0.6) is 0 Å². The summed E-state index contributed by atoms with van der Waals surface area (Å²) in [7, 11) is 0. The second kappa shape index (κ2) is 6.73. The lowest BCUT2D eigenvalue weighted by molar-refractivity contribution is -0.135. The van der Waals surface area contributed by atoms with Crippen molar-refractivity contribution >= 4 is 17.5 Å². The van der Waals surface area contributed by atoms with E-state index in [0.29, 0.717) is 19.4 Å². The van der Waals surface area contributed by atoms with Gasteiger partial charge in [0.25, 0.3) is 0 Å². The van der Waals surface area contributed by atoms with E-state index in [9.17, 15) is 9.59 Å². The monoisotopic (exact) mass is 314 g/mol. The molecule has 3 rings (SSSR count). The first-order chi connectivity index (χ1) is 11.2. The molecule has 4 nitrogen and oxygen atoms in total. The number of carbonyl (C=O) groups is 2. The first kappa shape index (κ1) is 16.0. The maximum absolute atomic E-state index is 13.0. The van der Waals surface area contributed by atoms with Crippen LogP contribution in [0.4, 0.5) is 5.69 Å². The van der Waals surface area contributed by atoms with Gasteiger partial charge in [0.15, 0.2) is 0 Å². The van der Waals surface area contributed by atoms with Gasteiger partial charge in [0.05, 0.1) is 0 Å². The van der Waals surface area contributed by atoms with Gasteiger partial charge in [-0.3, -0.25) is 9.59 Å². The lowest BCUT2D eigenvalue weighted by atomic mass is 9.97. The van der Waals surface area contributed by atoms with Gasteiger partial charge >= 0.3 is 0 Å². The van der Waals surface area contributed by atoms with Crippen molar-refractivity contribution < 1.29 is 9.59 Å². The maximum atomic E-state index is 13.0. The summed E-state index contributed by atoms with van der Waals surface area (Å²) in [5.74, 6) is -0.0701. The minimum Gasteiger partial charge on any atom is -0.355 e. The van der Waals surface area contributed by atoms with Crippen LogP contribution in [0.2, 0.25) is 0 Å². The van der Waals surface area contributed by atoms with Crippen molar-refractivity contribution in [3.8, 4) is 0 Å². The van der Waals surface area contributed by atoms with Crippen LogP contribution in [-0.4, -0.2) is 24.9 Å². The lowest BCUT2D eigenvalue weighted by Gasteiger charge is -2.32. The zero-order valence-electron chi connectivity index (χ0n) is 13.9. The van der Waals surface area contributed by atoms with E-state index in [0.717, 1.165) is 44.3 Å². The standard InChI is InChI=1S/C19H26N2O2/c1-2-3-6-13-20-17(22)19(11-12-19)18(23)21-14-7-9-15-8-4-5-10-16(15)21/h4-5,8,10H,2-3,6-7,9,11-14H2,1H3,(H,20,22). The van der Waals surface area contributed by atoms with Crippen molar-refractivity contribution in [2.75, 3.05) is 18.0 Å². The Balaban J connectivity index is 1.69. The van der Waals surface area contributed by atoms with Crippen LogP contribution >= 0.6 is 0 Å². The number of para-hydroxylation sites is 1. The Kier molecular flexibility index (Phi) is 4.69. The third kappa shape index (κ3) is 3.12. The number of benzene rings is 1. The van der Waals surface area contributed by atoms with Crippen molar-refractivity contribution in [2.45, 2.75) is 51.9 Å². The molecule has 1 aliphatic carbocycles. The van der Waals surface area contributed by atoms with Crippen LogP contribution in [0.25, 0.3) is 0 Å². The summed E-state index contributed by atoms with van der Waals surface area (Å²) in [6.45, 7) is 3.54. The molecular formula is C19H26N2O2. The van der Waals surface area contributed by atoms with Gasteiger partial charge in [-0.05, 0) is 43.7 Å². The average molecular weight is 314 g/mol. The zero-order chi connectivity index (χ0) is 16.3. The van der Waals surface area contributed by atoms with Crippen molar-refractivity contribution in [3.63, 3.8) is 0 Å². The summed E-state index contributed by atoms with van der Waals surface area (Å²) < 4.78 is 0. The van der Waals surface area contributed by atoms with E-state index in [1.54, 1.807) is 0 Å². The Morgan fingerprint density at radius 2 is 2.00 bits per heavy atom. The van der Waals surface area contributed by atoms with Crippen LogP contribution in [0.3, 0.4) is 0 Å². The molecule has 0 bridgehead atoms. The second-order valence-corrected chi connectivity index (χ2v) is 6.73. The fourth-order valence-electron chi connectivity index (χ4n) is 3.41. The molecular weight excluding hydrogens is 288 g/mol. The Hall–Kier alpha value is -1.84. The molecule has 2 amide bonds. The van der Waals surface area contributed by atoms with Crippen molar-refractivity contribution in [1.82, 2.24) is 5.32 Å². The van der Waals surface area contributed by atoms with Crippen LogP contribution in [0.15, 0.2) is 24.3 Å². The van der Waals surface area contributed by atoms with E-state index in [2.05, 4.69) is 18.3 Å². The number of fused-ring (bicyclic) bond motifs is 1. The van der Waals surface area contributed by atoms with Gasteiger partial charge in [-0.2, -0.15) is 0 Å². The van der Waals surface area contributed by atoms with Crippen LogP contribution in [0.1, 0.15) is 51.0 Å². The number of amides is 2. The van der Waals surface area contributed by atoms with Gasteiger partial charge in [-0.15, -0.1) is 0 Å². The van der Waals surface area contributed by atoms with Gasteiger partial charge in [-0.25, -0.2) is 0 Å². The van der Waals surface area contributed by atoms with Gasteiger partial charge in [0.1, 0.15) is 5.41 Å². The average Bonchev–Trinajstić information content (AvgIpc) is 3.39.